The molecule has 2 amide bonds. The van der Waals surface area contributed by atoms with E-state index in [1.165, 1.54) is 20.4 Å². The normalized spacial score (nSPS) is 10.7. The third-order valence-corrected chi connectivity index (χ3v) is 5.03. The minimum atomic E-state index is -0.909. The van der Waals surface area contributed by atoms with E-state index in [1.807, 2.05) is 44.2 Å². The van der Waals surface area contributed by atoms with Gasteiger partial charge in [-0.05, 0) is 56.3 Å². The lowest BCUT2D eigenvalue weighted by Gasteiger charge is -2.11. The van der Waals surface area contributed by atoms with E-state index in [0.29, 0.717) is 17.2 Å². The van der Waals surface area contributed by atoms with Crippen molar-refractivity contribution >= 4 is 23.7 Å². The number of hydrazone groups is 1. The Morgan fingerprint density at radius 3 is 2.18 bits per heavy atom. The van der Waals surface area contributed by atoms with Crippen LogP contribution in [0.2, 0.25) is 0 Å². The van der Waals surface area contributed by atoms with E-state index in [2.05, 4.69) is 20.4 Å². The monoisotopic (exact) mass is 450 g/mol. The van der Waals surface area contributed by atoms with Gasteiger partial charge in [-0.15, -0.1) is 0 Å². The highest BCUT2D eigenvalue weighted by Crippen LogP contribution is 2.29. The number of carbonyl (C=O) groups is 2. The fraction of sp³-hybridized carbons (Fsp3) is 0.208. The maximum absolute atomic E-state index is 12.2. The first-order valence-corrected chi connectivity index (χ1v) is 10.1. The van der Waals surface area contributed by atoms with Crippen LogP contribution < -0.4 is 25.0 Å². The Balaban J connectivity index is 1.67. The Morgan fingerprint density at radius 1 is 0.879 bits per heavy atom. The topological polar surface area (TPSA) is 103 Å². The number of aromatic nitrogens is 1. The molecule has 1 aromatic heterocycles. The number of benzene rings is 2. The van der Waals surface area contributed by atoms with Crippen molar-refractivity contribution in [3.05, 3.63) is 65.5 Å². The minimum Gasteiger partial charge on any atom is -0.497 e. The molecule has 2 aromatic carbocycles. The van der Waals surface area contributed by atoms with Gasteiger partial charge in [0.15, 0.2) is 0 Å². The molecule has 172 valence electrons. The molecular formula is C24H26N4O5. The first kappa shape index (κ1) is 23.4. The molecule has 0 spiro atoms. The average Bonchev–Trinajstić information content (AvgIpc) is 3.11. The Kier molecular flexibility index (Phi) is 7.34. The van der Waals surface area contributed by atoms with Gasteiger partial charge < -0.3 is 24.1 Å². The van der Waals surface area contributed by atoms with Gasteiger partial charge in [0.25, 0.3) is 0 Å². The van der Waals surface area contributed by atoms with E-state index in [1.54, 1.807) is 25.3 Å². The summed E-state index contributed by atoms with van der Waals surface area (Å²) in [5.74, 6) is -0.0835. The predicted octanol–water partition coefficient (Wildman–Crippen LogP) is 3.21. The number of nitrogens with one attached hydrogen (secondary N) is 2. The maximum atomic E-state index is 12.2. The van der Waals surface area contributed by atoms with Gasteiger partial charge >= 0.3 is 11.8 Å². The molecule has 0 atom stereocenters. The molecule has 0 saturated carbocycles. The number of aryl methyl sites for hydroxylation is 1. The van der Waals surface area contributed by atoms with E-state index >= 15 is 0 Å². The second-order valence-electron chi connectivity index (χ2n) is 7.08. The third kappa shape index (κ3) is 5.32. The number of anilines is 1. The Labute approximate surface area is 192 Å². The molecule has 0 aliphatic heterocycles. The first-order valence-electron chi connectivity index (χ1n) is 10.1. The molecule has 9 nitrogen and oxygen atoms in total. The first-order chi connectivity index (χ1) is 15.9. The quantitative estimate of drug-likeness (QED) is 0.327. The van der Waals surface area contributed by atoms with Crippen molar-refractivity contribution < 1.29 is 23.8 Å². The zero-order valence-corrected chi connectivity index (χ0v) is 19.1. The number of hydrogen-bond donors (Lipinski definition) is 2. The molecule has 0 aliphatic carbocycles. The fourth-order valence-electron chi connectivity index (χ4n) is 3.34. The van der Waals surface area contributed by atoms with Crippen LogP contribution in [-0.4, -0.2) is 43.9 Å². The van der Waals surface area contributed by atoms with Gasteiger partial charge in [-0.1, -0.05) is 0 Å². The van der Waals surface area contributed by atoms with Crippen LogP contribution in [0.25, 0.3) is 5.69 Å². The molecule has 0 bridgehead atoms. The summed E-state index contributed by atoms with van der Waals surface area (Å²) < 4.78 is 17.6. The molecule has 2 N–H and O–H groups in total. The Hall–Kier alpha value is -4.27. The molecule has 0 fully saturated rings. The Bertz CT molecular complexity index is 1180. The van der Waals surface area contributed by atoms with Crippen LogP contribution in [0.3, 0.4) is 0 Å². The van der Waals surface area contributed by atoms with E-state index in [4.69, 9.17) is 14.2 Å². The highest BCUT2D eigenvalue weighted by atomic mass is 16.5. The van der Waals surface area contributed by atoms with Gasteiger partial charge in [-0.25, -0.2) is 5.43 Å². The highest BCUT2D eigenvalue weighted by molar-refractivity contribution is 6.39. The van der Waals surface area contributed by atoms with E-state index in [-0.39, 0.29) is 0 Å². The molecule has 0 saturated heterocycles. The smallest absolute Gasteiger partial charge is 0.329 e. The molecule has 3 aromatic rings. The zero-order chi connectivity index (χ0) is 24.0. The lowest BCUT2D eigenvalue weighted by Crippen LogP contribution is -2.32. The Morgan fingerprint density at radius 2 is 1.55 bits per heavy atom. The van der Waals surface area contributed by atoms with Crippen LogP contribution in [0, 0.1) is 13.8 Å². The van der Waals surface area contributed by atoms with Gasteiger partial charge in [-0.2, -0.15) is 5.10 Å². The van der Waals surface area contributed by atoms with Crippen molar-refractivity contribution in [2.45, 2.75) is 13.8 Å². The van der Waals surface area contributed by atoms with Crippen LogP contribution in [0.5, 0.6) is 17.2 Å². The molecule has 0 unspecified atom stereocenters. The minimum absolute atomic E-state index is 0.338. The molecule has 0 aliphatic rings. The number of amides is 2. The predicted molar refractivity (Wildman–Crippen MR) is 126 cm³/mol. The van der Waals surface area contributed by atoms with Crippen LogP contribution in [0.4, 0.5) is 5.69 Å². The standard InChI is InChI=1S/C24H26N4O5/c1-15-12-17(16(2)28(15)18-6-8-19(31-3)9-7-18)14-25-27-24(30)23(29)26-21-11-10-20(32-4)13-22(21)33-5/h6-14H,1-5H3,(H,26,29)(H,27,30)/b25-14-. The van der Waals surface area contributed by atoms with E-state index in [9.17, 15) is 9.59 Å². The fourth-order valence-corrected chi connectivity index (χ4v) is 3.34. The molecule has 9 heteroatoms. The second-order valence-corrected chi connectivity index (χ2v) is 7.08. The van der Waals surface area contributed by atoms with E-state index in [0.717, 1.165) is 28.4 Å². The van der Waals surface area contributed by atoms with Gasteiger partial charge in [-0.3, -0.25) is 9.59 Å². The highest BCUT2D eigenvalue weighted by Gasteiger charge is 2.16. The van der Waals surface area contributed by atoms with Crippen molar-refractivity contribution in [3.8, 4) is 22.9 Å². The maximum Gasteiger partial charge on any atom is 0.329 e. The van der Waals surface area contributed by atoms with Gasteiger partial charge in [0.2, 0.25) is 0 Å². The number of ether oxygens (including phenoxy) is 3. The van der Waals surface area contributed by atoms with Crippen molar-refractivity contribution in [1.29, 1.82) is 0 Å². The molecule has 3 rings (SSSR count). The number of methoxy groups -OCH3 is 3. The van der Waals surface area contributed by atoms with Crippen LogP contribution in [0.1, 0.15) is 17.0 Å². The van der Waals surface area contributed by atoms with Crippen LogP contribution in [0.15, 0.2) is 53.6 Å². The van der Waals surface area contributed by atoms with Crippen molar-refractivity contribution in [1.82, 2.24) is 9.99 Å². The molecule has 33 heavy (non-hydrogen) atoms. The zero-order valence-electron chi connectivity index (χ0n) is 19.1. The summed E-state index contributed by atoms with van der Waals surface area (Å²) in [6.45, 7) is 3.92. The summed E-state index contributed by atoms with van der Waals surface area (Å²) in [4.78, 5) is 24.4. The van der Waals surface area contributed by atoms with Crippen molar-refractivity contribution in [3.63, 3.8) is 0 Å². The third-order valence-electron chi connectivity index (χ3n) is 5.03. The van der Waals surface area contributed by atoms with Crippen molar-refractivity contribution in [2.24, 2.45) is 5.10 Å². The van der Waals surface area contributed by atoms with E-state index < -0.39 is 11.8 Å². The SMILES string of the molecule is COc1ccc(-n2c(C)cc(/C=N\NC(=O)C(=O)Nc3ccc(OC)cc3OC)c2C)cc1. The largest absolute Gasteiger partial charge is 0.497 e. The number of rotatable bonds is 7. The molecule has 1 heterocycles. The summed E-state index contributed by atoms with van der Waals surface area (Å²) in [6, 6.07) is 14.5. The second kappa shape index (κ2) is 10.4. The number of carbonyl (C=O) groups excluding carboxylic acids is 2. The lowest BCUT2D eigenvalue weighted by molar-refractivity contribution is -0.136. The number of hydrogen-bond acceptors (Lipinski definition) is 6. The summed E-state index contributed by atoms with van der Waals surface area (Å²) in [5.41, 5.74) is 6.30. The summed E-state index contributed by atoms with van der Waals surface area (Å²) >= 11 is 0. The molecular weight excluding hydrogens is 424 g/mol. The summed E-state index contributed by atoms with van der Waals surface area (Å²) in [6.07, 6.45) is 1.50. The molecule has 0 radical (unpaired) electrons. The van der Waals surface area contributed by atoms with Gasteiger partial charge in [0, 0.05) is 28.7 Å². The summed E-state index contributed by atoms with van der Waals surface area (Å²) in [5, 5.41) is 6.44. The van der Waals surface area contributed by atoms with Crippen LogP contribution >= 0.6 is 0 Å². The average molecular weight is 450 g/mol. The lowest BCUT2D eigenvalue weighted by atomic mass is 10.2. The van der Waals surface area contributed by atoms with Gasteiger partial charge in [0.05, 0.1) is 33.2 Å². The van der Waals surface area contributed by atoms with Gasteiger partial charge in [0.1, 0.15) is 17.2 Å². The summed E-state index contributed by atoms with van der Waals surface area (Å²) in [7, 11) is 4.60. The number of nitrogens with zero attached hydrogens (tertiary/aromatic N) is 2. The van der Waals surface area contributed by atoms with Crippen LogP contribution in [-0.2, 0) is 9.59 Å². The van der Waals surface area contributed by atoms with Crippen molar-refractivity contribution in [2.75, 3.05) is 26.6 Å².